The fourth-order valence-electron chi connectivity index (χ4n) is 5.42. The monoisotopic (exact) mass is 528 g/mol. The first-order valence-corrected chi connectivity index (χ1v) is 14.4. The number of piperidine rings is 1. The molecule has 1 amide bonds. The summed E-state index contributed by atoms with van der Waals surface area (Å²) < 4.78 is 4.36. The largest absolute Gasteiger partial charge is 0.348 e. The number of nitrogens with one attached hydrogen (secondary N) is 1. The number of nitrogens with zero attached hydrogens (tertiary/aromatic N) is 3. The normalized spacial score (nSPS) is 14.2. The van der Waals surface area contributed by atoms with Crippen molar-refractivity contribution in [1.82, 2.24) is 19.4 Å². The van der Waals surface area contributed by atoms with Gasteiger partial charge in [-0.25, -0.2) is 0 Å². The van der Waals surface area contributed by atoms with E-state index in [1.54, 1.807) is 0 Å². The van der Waals surface area contributed by atoms with E-state index in [0.29, 0.717) is 18.2 Å². The van der Waals surface area contributed by atoms with Gasteiger partial charge in [-0.15, -0.1) is 0 Å². The Hall–Kier alpha value is -3.38. The summed E-state index contributed by atoms with van der Waals surface area (Å²) in [7, 11) is 0. The van der Waals surface area contributed by atoms with Crippen LogP contribution in [-0.4, -0.2) is 51.9 Å². The number of hydrogen-bond acceptors (Lipinski definition) is 3. The molecule has 0 radical (unpaired) electrons. The number of hydrogen-bond donors (Lipinski definition) is 1. The van der Waals surface area contributed by atoms with Crippen LogP contribution in [0.3, 0.4) is 0 Å². The molecule has 2 aromatic carbocycles. The number of benzene rings is 2. The van der Waals surface area contributed by atoms with Crippen LogP contribution in [0.5, 0.6) is 0 Å². The van der Waals surface area contributed by atoms with Gasteiger partial charge in [-0.3, -0.25) is 9.59 Å². The van der Waals surface area contributed by atoms with Crippen LogP contribution >= 0.6 is 0 Å². The number of Topliss-reactive ketones (excluding diaryl/α,β-unsaturated/α-hetero) is 1. The Morgan fingerprint density at radius 1 is 0.821 bits per heavy atom. The number of carbonyl (C=O) groups excluding carboxylic acids is 2. The molecule has 1 N–H and O–H groups in total. The molecule has 5 rings (SSSR count). The number of carbonyl (C=O) groups is 2. The Kier molecular flexibility index (Phi) is 9.28. The molecule has 0 unspecified atom stereocenters. The van der Waals surface area contributed by atoms with Crippen molar-refractivity contribution in [2.24, 2.45) is 0 Å². The van der Waals surface area contributed by atoms with Gasteiger partial charge in [0.25, 0.3) is 11.7 Å². The second-order valence-electron chi connectivity index (χ2n) is 11.4. The van der Waals surface area contributed by atoms with Crippen LogP contribution in [0.15, 0.2) is 54.9 Å². The lowest BCUT2D eigenvalue weighted by Gasteiger charge is -2.26. The third-order valence-electron chi connectivity index (χ3n) is 7.59. The van der Waals surface area contributed by atoms with Crippen LogP contribution in [0.1, 0.15) is 80.5 Å². The van der Waals surface area contributed by atoms with Crippen molar-refractivity contribution in [3.8, 4) is 0 Å². The lowest BCUT2D eigenvalue weighted by Crippen LogP contribution is -2.39. The molecule has 0 bridgehead atoms. The SMILES string of the molecule is Cc1ccc2c(c1)c(C(=O)C(=O)NCCN1CCCCC1)cn2C(C)C.Cc1ccc2c(ccn2C(C)C)c1. The van der Waals surface area contributed by atoms with E-state index in [1.807, 2.05) is 31.3 Å². The van der Waals surface area contributed by atoms with E-state index in [4.69, 9.17) is 0 Å². The van der Waals surface area contributed by atoms with Crippen LogP contribution in [0, 0.1) is 13.8 Å². The lowest BCUT2D eigenvalue weighted by atomic mass is 10.1. The van der Waals surface area contributed by atoms with Crippen LogP contribution in [0.2, 0.25) is 0 Å². The van der Waals surface area contributed by atoms with Crippen molar-refractivity contribution < 1.29 is 9.59 Å². The minimum Gasteiger partial charge on any atom is -0.348 e. The Labute approximate surface area is 233 Å². The van der Waals surface area contributed by atoms with E-state index >= 15 is 0 Å². The maximum atomic E-state index is 12.7. The Bertz CT molecular complexity index is 1440. The highest BCUT2D eigenvalue weighted by Gasteiger charge is 2.22. The summed E-state index contributed by atoms with van der Waals surface area (Å²) in [5.74, 6) is -0.954. The highest BCUT2D eigenvalue weighted by molar-refractivity contribution is 6.45. The predicted octanol–water partition coefficient (Wildman–Crippen LogP) is 6.85. The van der Waals surface area contributed by atoms with Gasteiger partial charge in [0, 0.05) is 54.0 Å². The van der Waals surface area contributed by atoms with Gasteiger partial charge < -0.3 is 19.4 Å². The van der Waals surface area contributed by atoms with Crippen molar-refractivity contribution >= 4 is 33.5 Å². The summed E-state index contributed by atoms with van der Waals surface area (Å²) >= 11 is 0. The molecule has 3 heterocycles. The summed E-state index contributed by atoms with van der Waals surface area (Å²) in [5.41, 5.74) is 5.23. The minimum atomic E-state index is -0.508. The Morgan fingerprint density at radius 3 is 2.13 bits per heavy atom. The first kappa shape index (κ1) is 28.6. The van der Waals surface area contributed by atoms with Crippen LogP contribution in [0.4, 0.5) is 0 Å². The molecular weight excluding hydrogens is 484 g/mol. The third kappa shape index (κ3) is 6.80. The summed E-state index contributed by atoms with van der Waals surface area (Å²) in [6, 6.07) is 15.6. The summed E-state index contributed by atoms with van der Waals surface area (Å²) in [5, 5.41) is 5.00. The van der Waals surface area contributed by atoms with Crippen molar-refractivity contribution in [2.75, 3.05) is 26.2 Å². The topological polar surface area (TPSA) is 59.3 Å². The number of rotatable bonds is 7. The first-order valence-electron chi connectivity index (χ1n) is 14.4. The molecule has 6 heteroatoms. The van der Waals surface area contributed by atoms with Crippen LogP contribution < -0.4 is 5.32 Å². The molecule has 208 valence electrons. The van der Waals surface area contributed by atoms with Crippen molar-refractivity contribution in [2.45, 2.75) is 72.9 Å². The van der Waals surface area contributed by atoms with Crippen molar-refractivity contribution in [3.05, 3.63) is 71.5 Å². The molecular formula is C33H44N4O2. The zero-order valence-electron chi connectivity index (χ0n) is 24.5. The highest BCUT2D eigenvalue weighted by Crippen LogP contribution is 2.26. The van der Waals surface area contributed by atoms with E-state index in [0.717, 1.165) is 36.1 Å². The molecule has 0 atom stereocenters. The van der Waals surface area contributed by atoms with Gasteiger partial charge in [0.1, 0.15) is 0 Å². The Morgan fingerprint density at radius 2 is 1.46 bits per heavy atom. The molecule has 0 saturated carbocycles. The zero-order valence-corrected chi connectivity index (χ0v) is 24.5. The molecule has 1 aliphatic heterocycles. The third-order valence-corrected chi connectivity index (χ3v) is 7.59. The number of ketones is 1. The van der Waals surface area contributed by atoms with Crippen LogP contribution in [0.25, 0.3) is 21.8 Å². The van der Waals surface area contributed by atoms with E-state index in [-0.39, 0.29) is 6.04 Å². The van der Waals surface area contributed by atoms with Gasteiger partial charge in [0.05, 0.1) is 5.56 Å². The average Bonchev–Trinajstić information content (AvgIpc) is 3.50. The molecule has 2 aromatic heterocycles. The van der Waals surface area contributed by atoms with E-state index in [9.17, 15) is 9.59 Å². The molecule has 1 aliphatic rings. The minimum absolute atomic E-state index is 0.226. The van der Waals surface area contributed by atoms with Gasteiger partial charge in [0.2, 0.25) is 0 Å². The predicted molar refractivity (Wildman–Crippen MR) is 162 cm³/mol. The number of fused-ring (bicyclic) bond motifs is 2. The quantitative estimate of drug-likeness (QED) is 0.211. The summed E-state index contributed by atoms with van der Waals surface area (Å²) in [6.45, 7) is 16.2. The fraction of sp³-hybridized carbons (Fsp3) is 0.455. The van der Waals surface area contributed by atoms with Gasteiger partial charge in [-0.05, 0) is 103 Å². The molecule has 0 spiro atoms. The summed E-state index contributed by atoms with van der Waals surface area (Å²) in [4.78, 5) is 27.5. The van der Waals surface area contributed by atoms with Gasteiger partial charge in [0.15, 0.2) is 0 Å². The Balaban J connectivity index is 0.000000226. The molecule has 39 heavy (non-hydrogen) atoms. The maximum absolute atomic E-state index is 12.7. The van der Waals surface area contributed by atoms with Crippen molar-refractivity contribution in [3.63, 3.8) is 0 Å². The second kappa shape index (κ2) is 12.6. The number of amides is 1. The standard InChI is InChI=1S/C21H29N3O2.C12H15N/c1-15(2)24-14-18(17-13-16(3)7-8-19(17)24)20(25)21(26)22-9-12-23-10-5-4-6-11-23;1-9(2)13-7-6-11-8-10(3)4-5-12(11)13/h7-8,13-15H,4-6,9-12H2,1-3H3,(H,22,26);4-9H,1-3H3. The van der Waals surface area contributed by atoms with E-state index < -0.39 is 11.7 Å². The molecule has 1 fully saturated rings. The molecule has 4 aromatic rings. The first-order chi connectivity index (χ1) is 18.7. The summed E-state index contributed by atoms with van der Waals surface area (Å²) in [6.07, 6.45) is 7.72. The number of likely N-dealkylation sites (tertiary alicyclic amines) is 1. The van der Waals surface area contributed by atoms with Crippen molar-refractivity contribution in [1.29, 1.82) is 0 Å². The van der Waals surface area contributed by atoms with Gasteiger partial charge in [-0.1, -0.05) is 29.7 Å². The van der Waals surface area contributed by atoms with E-state index in [1.165, 1.54) is 35.7 Å². The zero-order chi connectivity index (χ0) is 28.1. The van der Waals surface area contributed by atoms with Gasteiger partial charge >= 0.3 is 0 Å². The smallest absolute Gasteiger partial charge is 0.292 e. The number of aromatic nitrogens is 2. The maximum Gasteiger partial charge on any atom is 0.292 e. The fourth-order valence-corrected chi connectivity index (χ4v) is 5.42. The second-order valence-corrected chi connectivity index (χ2v) is 11.4. The highest BCUT2D eigenvalue weighted by atomic mass is 16.2. The average molecular weight is 529 g/mol. The number of aryl methyl sites for hydroxylation is 2. The molecule has 6 nitrogen and oxygen atoms in total. The lowest BCUT2D eigenvalue weighted by molar-refractivity contribution is -0.117. The molecule has 1 saturated heterocycles. The van der Waals surface area contributed by atoms with Gasteiger partial charge in [-0.2, -0.15) is 0 Å². The molecule has 0 aliphatic carbocycles. The van der Waals surface area contributed by atoms with Crippen LogP contribution in [-0.2, 0) is 4.79 Å². The van der Waals surface area contributed by atoms with E-state index in [2.05, 4.69) is 84.4 Å².